The average molecular weight is 233 g/mol. The maximum Gasteiger partial charge on any atom is 0.182 e. The molecule has 0 aliphatic carbocycles. The van der Waals surface area contributed by atoms with Crippen LogP contribution >= 0.6 is 0 Å². The summed E-state index contributed by atoms with van der Waals surface area (Å²) in [5.74, 6) is 0.798. The SMILES string of the molecule is COc1ccc(C(=O)C(C)(C)C#N)cc1OC. The number of hydrogen-bond donors (Lipinski definition) is 0. The molecule has 0 unspecified atom stereocenters. The molecule has 0 fully saturated rings. The van der Waals surface area contributed by atoms with Gasteiger partial charge in [-0.25, -0.2) is 0 Å². The summed E-state index contributed by atoms with van der Waals surface area (Å²) in [6.45, 7) is 3.18. The second kappa shape index (κ2) is 4.88. The topological polar surface area (TPSA) is 59.3 Å². The Labute approximate surface area is 101 Å². The van der Waals surface area contributed by atoms with E-state index < -0.39 is 5.41 Å². The van der Waals surface area contributed by atoms with Gasteiger partial charge in [0.25, 0.3) is 0 Å². The highest BCUT2D eigenvalue weighted by Gasteiger charge is 2.28. The van der Waals surface area contributed by atoms with Crippen LogP contribution in [0.5, 0.6) is 11.5 Å². The number of carbonyl (C=O) groups excluding carboxylic acids is 1. The van der Waals surface area contributed by atoms with E-state index in [-0.39, 0.29) is 5.78 Å². The average Bonchev–Trinajstić information content (AvgIpc) is 2.36. The van der Waals surface area contributed by atoms with Gasteiger partial charge in [-0.05, 0) is 32.0 Å². The number of carbonyl (C=O) groups is 1. The van der Waals surface area contributed by atoms with Gasteiger partial charge in [-0.3, -0.25) is 4.79 Å². The minimum Gasteiger partial charge on any atom is -0.493 e. The minimum atomic E-state index is -1.04. The molecule has 1 aromatic carbocycles. The molecule has 0 bridgehead atoms. The van der Waals surface area contributed by atoms with Crippen LogP contribution in [-0.4, -0.2) is 20.0 Å². The highest BCUT2D eigenvalue weighted by molar-refractivity contribution is 6.02. The molecular weight excluding hydrogens is 218 g/mol. The van der Waals surface area contributed by atoms with Crippen molar-refractivity contribution in [3.63, 3.8) is 0 Å². The second-order valence-electron chi connectivity index (χ2n) is 4.14. The lowest BCUT2D eigenvalue weighted by molar-refractivity contribution is 0.0891. The van der Waals surface area contributed by atoms with Crippen LogP contribution in [0.4, 0.5) is 0 Å². The van der Waals surface area contributed by atoms with E-state index in [1.165, 1.54) is 14.2 Å². The van der Waals surface area contributed by atoms with E-state index in [1.807, 2.05) is 6.07 Å². The molecule has 0 aliphatic rings. The molecule has 0 aromatic heterocycles. The van der Waals surface area contributed by atoms with Crippen molar-refractivity contribution in [2.24, 2.45) is 5.41 Å². The molecule has 0 spiro atoms. The summed E-state index contributed by atoms with van der Waals surface area (Å²) < 4.78 is 10.2. The molecule has 0 atom stereocenters. The molecule has 0 saturated heterocycles. The first-order valence-electron chi connectivity index (χ1n) is 5.14. The molecule has 1 aromatic rings. The fraction of sp³-hybridized carbons (Fsp3) is 0.385. The molecule has 0 heterocycles. The van der Waals surface area contributed by atoms with Gasteiger partial charge in [0, 0.05) is 5.56 Å². The maximum atomic E-state index is 12.0. The Morgan fingerprint density at radius 1 is 1.24 bits per heavy atom. The summed E-state index contributed by atoms with van der Waals surface area (Å²) in [7, 11) is 3.03. The molecule has 1 rings (SSSR count). The number of methoxy groups -OCH3 is 2. The summed E-state index contributed by atoms with van der Waals surface area (Å²) in [5.41, 5.74) is -0.603. The zero-order chi connectivity index (χ0) is 13.1. The summed E-state index contributed by atoms with van der Waals surface area (Å²) in [5, 5.41) is 8.93. The number of benzene rings is 1. The van der Waals surface area contributed by atoms with Crippen molar-refractivity contribution in [1.82, 2.24) is 0 Å². The molecule has 0 N–H and O–H groups in total. The maximum absolute atomic E-state index is 12.0. The van der Waals surface area contributed by atoms with Gasteiger partial charge in [0.05, 0.1) is 20.3 Å². The molecule has 0 saturated carbocycles. The van der Waals surface area contributed by atoms with E-state index in [9.17, 15) is 4.79 Å². The van der Waals surface area contributed by atoms with Crippen molar-refractivity contribution in [2.45, 2.75) is 13.8 Å². The molecule has 4 heteroatoms. The van der Waals surface area contributed by atoms with Gasteiger partial charge in [0.15, 0.2) is 17.3 Å². The Morgan fingerprint density at radius 3 is 2.29 bits per heavy atom. The smallest absolute Gasteiger partial charge is 0.182 e. The monoisotopic (exact) mass is 233 g/mol. The van der Waals surface area contributed by atoms with Gasteiger partial charge in [-0.1, -0.05) is 0 Å². The minimum absolute atomic E-state index is 0.235. The van der Waals surface area contributed by atoms with Gasteiger partial charge < -0.3 is 9.47 Å². The van der Waals surface area contributed by atoms with E-state index in [4.69, 9.17) is 14.7 Å². The van der Waals surface area contributed by atoms with Crippen molar-refractivity contribution >= 4 is 5.78 Å². The molecule has 90 valence electrons. The van der Waals surface area contributed by atoms with Crippen molar-refractivity contribution in [2.75, 3.05) is 14.2 Å². The van der Waals surface area contributed by atoms with Crippen molar-refractivity contribution in [3.05, 3.63) is 23.8 Å². The highest BCUT2D eigenvalue weighted by Crippen LogP contribution is 2.30. The van der Waals surface area contributed by atoms with Crippen LogP contribution in [0.3, 0.4) is 0 Å². The second-order valence-corrected chi connectivity index (χ2v) is 4.14. The number of Topliss-reactive ketones (excluding diaryl/α,β-unsaturated/α-hetero) is 1. The fourth-order valence-electron chi connectivity index (χ4n) is 1.39. The van der Waals surface area contributed by atoms with E-state index in [1.54, 1.807) is 32.0 Å². The van der Waals surface area contributed by atoms with Crippen LogP contribution in [-0.2, 0) is 0 Å². The molecule has 0 amide bonds. The van der Waals surface area contributed by atoms with Crippen LogP contribution in [0, 0.1) is 16.7 Å². The van der Waals surface area contributed by atoms with Crippen molar-refractivity contribution < 1.29 is 14.3 Å². The zero-order valence-corrected chi connectivity index (χ0v) is 10.4. The summed E-state index contributed by atoms with van der Waals surface area (Å²) in [6, 6.07) is 6.85. The third-order valence-electron chi connectivity index (χ3n) is 2.49. The van der Waals surface area contributed by atoms with Gasteiger partial charge in [0.1, 0.15) is 5.41 Å². The van der Waals surface area contributed by atoms with E-state index in [2.05, 4.69) is 0 Å². The van der Waals surface area contributed by atoms with Crippen LogP contribution in [0.15, 0.2) is 18.2 Å². The summed E-state index contributed by atoms with van der Waals surface area (Å²) >= 11 is 0. The first-order chi connectivity index (χ1) is 7.96. The molecule has 0 radical (unpaired) electrons. The summed E-state index contributed by atoms with van der Waals surface area (Å²) in [4.78, 5) is 12.0. The Bertz CT molecular complexity index is 472. The van der Waals surface area contributed by atoms with Gasteiger partial charge in [-0.15, -0.1) is 0 Å². The van der Waals surface area contributed by atoms with Crippen LogP contribution < -0.4 is 9.47 Å². The standard InChI is InChI=1S/C13H15NO3/c1-13(2,8-14)12(15)9-5-6-10(16-3)11(7-9)17-4/h5-7H,1-4H3. The summed E-state index contributed by atoms with van der Waals surface area (Å²) in [6.07, 6.45) is 0. The first-order valence-corrected chi connectivity index (χ1v) is 5.14. The highest BCUT2D eigenvalue weighted by atomic mass is 16.5. The number of rotatable bonds is 4. The van der Waals surface area contributed by atoms with Crippen LogP contribution in [0.25, 0.3) is 0 Å². The molecular formula is C13H15NO3. The third kappa shape index (κ3) is 2.56. The third-order valence-corrected chi connectivity index (χ3v) is 2.49. The van der Waals surface area contributed by atoms with Crippen LogP contribution in [0.2, 0.25) is 0 Å². The van der Waals surface area contributed by atoms with Gasteiger partial charge >= 0.3 is 0 Å². The molecule has 4 nitrogen and oxygen atoms in total. The normalized spacial score (nSPS) is 10.5. The van der Waals surface area contributed by atoms with Crippen molar-refractivity contribution in [1.29, 1.82) is 5.26 Å². The van der Waals surface area contributed by atoms with Gasteiger partial charge in [-0.2, -0.15) is 5.26 Å². The van der Waals surface area contributed by atoms with Gasteiger partial charge in [0.2, 0.25) is 0 Å². The predicted molar refractivity (Wildman–Crippen MR) is 63.3 cm³/mol. The molecule has 0 aliphatic heterocycles. The Balaban J connectivity index is 3.18. The zero-order valence-electron chi connectivity index (χ0n) is 10.4. The van der Waals surface area contributed by atoms with Crippen LogP contribution in [0.1, 0.15) is 24.2 Å². The van der Waals surface area contributed by atoms with E-state index in [0.29, 0.717) is 17.1 Å². The lowest BCUT2D eigenvalue weighted by atomic mass is 9.86. The first kappa shape index (κ1) is 13.0. The Hall–Kier alpha value is -2.02. The Kier molecular flexibility index (Phi) is 3.74. The number of nitriles is 1. The number of nitrogens with zero attached hydrogens (tertiary/aromatic N) is 1. The fourth-order valence-corrected chi connectivity index (χ4v) is 1.39. The number of ketones is 1. The number of ether oxygens (including phenoxy) is 2. The predicted octanol–water partition coefficient (Wildman–Crippen LogP) is 2.44. The molecule has 17 heavy (non-hydrogen) atoms. The quantitative estimate of drug-likeness (QED) is 0.749. The Morgan fingerprint density at radius 2 is 1.82 bits per heavy atom. The lowest BCUT2D eigenvalue weighted by Crippen LogP contribution is -2.22. The van der Waals surface area contributed by atoms with Crippen molar-refractivity contribution in [3.8, 4) is 17.6 Å². The van der Waals surface area contributed by atoms with E-state index >= 15 is 0 Å². The van der Waals surface area contributed by atoms with E-state index in [0.717, 1.165) is 0 Å². The largest absolute Gasteiger partial charge is 0.493 e. The lowest BCUT2D eigenvalue weighted by Gasteiger charge is -2.15. The number of hydrogen-bond acceptors (Lipinski definition) is 4.